The number of hydrogen-bond acceptors (Lipinski definition) is 6. The van der Waals surface area contributed by atoms with Crippen molar-refractivity contribution >= 4 is 11.9 Å². The SMILES string of the molecule is CC(=O)Oc1cc(C(F)(F)F)ccc1C(=O)Oc1cccc([C@@]2(O)CCCC[C@@H]2CN(C)C)c1. The Labute approximate surface area is 196 Å². The monoisotopic (exact) mass is 479 g/mol. The smallest absolute Gasteiger partial charge is 0.416 e. The first-order valence-corrected chi connectivity index (χ1v) is 11.0. The van der Waals surface area contributed by atoms with E-state index >= 15 is 0 Å². The van der Waals surface area contributed by atoms with Crippen LogP contribution in [0.3, 0.4) is 0 Å². The van der Waals surface area contributed by atoms with E-state index in [0.717, 1.165) is 38.3 Å². The molecule has 1 aliphatic carbocycles. The van der Waals surface area contributed by atoms with E-state index in [9.17, 15) is 27.9 Å². The maximum Gasteiger partial charge on any atom is 0.416 e. The zero-order valence-electron chi connectivity index (χ0n) is 19.3. The Balaban J connectivity index is 1.89. The van der Waals surface area contributed by atoms with Crippen molar-refractivity contribution in [1.29, 1.82) is 0 Å². The molecule has 1 fully saturated rings. The summed E-state index contributed by atoms with van der Waals surface area (Å²) < 4.78 is 49.5. The predicted molar refractivity (Wildman–Crippen MR) is 119 cm³/mol. The molecule has 2 aromatic rings. The highest BCUT2D eigenvalue weighted by Crippen LogP contribution is 2.43. The van der Waals surface area contributed by atoms with Crippen LogP contribution in [0.2, 0.25) is 0 Å². The Kier molecular flexibility index (Phi) is 7.67. The molecule has 0 radical (unpaired) electrons. The fourth-order valence-electron chi connectivity index (χ4n) is 4.39. The van der Waals surface area contributed by atoms with Gasteiger partial charge in [0.2, 0.25) is 0 Å². The fraction of sp³-hybridized carbons (Fsp3) is 0.440. The van der Waals surface area contributed by atoms with Crippen molar-refractivity contribution in [1.82, 2.24) is 4.90 Å². The van der Waals surface area contributed by atoms with Crippen LogP contribution in [0.1, 0.15) is 54.1 Å². The van der Waals surface area contributed by atoms with Gasteiger partial charge in [-0.2, -0.15) is 13.2 Å². The molecule has 0 heterocycles. The lowest BCUT2D eigenvalue weighted by atomic mass is 9.71. The molecule has 184 valence electrons. The highest BCUT2D eigenvalue weighted by Gasteiger charge is 2.40. The van der Waals surface area contributed by atoms with Crippen LogP contribution < -0.4 is 9.47 Å². The lowest BCUT2D eigenvalue weighted by Gasteiger charge is -2.41. The van der Waals surface area contributed by atoms with Gasteiger partial charge in [-0.25, -0.2) is 4.79 Å². The molecule has 6 nitrogen and oxygen atoms in total. The van der Waals surface area contributed by atoms with Crippen LogP contribution in [0.15, 0.2) is 42.5 Å². The molecule has 0 spiro atoms. The highest BCUT2D eigenvalue weighted by atomic mass is 19.4. The average molecular weight is 479 g/mol. The summed E-state index contributed by atoms with van der Waals surface area (Å²) in [5, 5.41) is 11.5. The molecule has 0 saturated heterocycles. The van der Waals surface area contributed by atoms with E-state index < -0.39 is 35.0 Å². The third-order valence-corrected chi connectivity index (χ3v) is 5.95. The van der Waals surface area contributed by atoms with Gasteiger partial charge in [0, 0.05) is 19.4 Å². The van der Waals surface area contributed by atoms with Crippen LogP contribution in [0, 0.1) is 5.92 Å². The Morgan fingerprint density at radius 3 is 2.50 bits per heavy atom. The number of ether oxygens (including phenoxy) is 2. The first-order valence-electron chi connectivity index (χ1n) is 11.0. The molecule has 34 heavy (non-hydrogen) atoms. The van der Waals surface area contributed by atoms with Gasteiger partial charge in [0.25, 0.3) is 0 Å². The Morgan fingerprint density at radius 2 is 1.85 bits per heavy atom. The van der Waals surface area contributed by atoms with Crippen molar-refractivity contribution in [2.24, 2.45) is 5.92 Å². The summed E-state index contributed by atoms with van der Waals surface area (Å²) >= 11 is 0. The summed E-state index contributed by atoms with van der Waals surface area (Å²) in [6.07, 6.45) is -1.37. The number of aliphatic hydroxyl groups is 1. The molecule has 2 aromatic carbocycles. The molecular weight excluding hydrogens is 451 g/mol. The van der Waals surface area contributed by atoms with Crippen molar-refractivity contribution in [3.05, 3.63) is 59.2 Å². The summed E-state index contributed by atoms with van der Waals surface area (Å²) in [6, 6.07) is 8.73. The van der Waals surface area contributed by atoms with Gasteiger partial charge in [0.05, 0.1) is 11.2 Å². The van der Waals surface area contributed by atoms with Gasteiger partial charge in [0.1, 0.15) is 17.1 Å². The van der Waals surface area contributed by atoms with E-state index in [-0.39, 0.29) is 17.2 Å². The first-order chi connectivity index (χ1) is 15.9. The molecule has 0 bridgehead atoms. The van der Waals surface area contributed by atoms with Crippen molar-refractivity contribution in [2.75, 3.05) is 20.6 Å². The van der Waals surface area contributed by atoms with Gasteiger partial charge in [-0.15, -0.1) is 0 Å². The molecule has 0 amide bonds. The Hall–Kier alpha value is -2.91. The highest BCUT2D eigenvalue weighted by molar-refractivity contribution is 5.95. The number of rotatable bonds is 6. The second-order valence-electron chi connectivity index (χ2n) is 8.85. The molecule has 1 saturated carbocycles. The van der Waals surface area contributed by atoms with Crippen molar-refractivity contribution < 1.29 is 37.3 Å². The zero-order valence-corrected chi connectivity index (χ0v) is 19.3. The molecule has 0 aliphatic heterocycles. The van der Waals surface area contributed by atoms with E-state index in [0.29, 0.717) is 24.6 Å². The summed E-state index contributed by atoms with van der Waals surface area (Å²) in [5.41, 5.74) is -1.87. The number of hydrogen-bond donors (Lipinski definition) is 1. The van der Waals surface area contributed by atoms with Gasteiger partial charge in [-0.05, 0) is 62.8 Å². The number of halogens is 3. The maximum atomic E-state index is 13.1. The fourth-order valence-corrected chi connectivity index (χ4v) is 4.39. The van der Waals surface area contributed by atoms with E-state index in [1.807, 2.05) is 19.0 Å². The standard InChI is InChI=1S/C25H28F3NO5/c1-16(30)33-22-14-18(25(26,27)28)10-11-21(22)23(31)34-20-9-6-8-17(13-20)24(32)12-5-4-7-19(24)15-29(2)3/h6,8-11,13-14,19,32H,4-5,7,12,15H2,1-3H3/t19-,24+/m1/s1. The largest absolute Gasteiger partial charge is 0.426 e. The molecule has 1 aliphatic rings. The van der Waals surface area contributed by atoms with Crippen LogP contribution >= 0.6 is 0 Å². The number of carbonyl (C=O) groups is 2. The number of esters is 2. The van der Waals surface area contributed by atoms with Gasteiger partial charge >= 0.3 is 18.1 Å². The van der Waals surface area contributed by atoms with Crippen LogP contribution in [-0.4, -0.2) is 42.6 Å². The normalized spacial score (nSPS) is 20.8. The lowest BCUT2D eigenvalue weighted by molar-refractivity contribution is -0.138. The number of carbonyl (C=O) groups excluding carboxylic acids is 2. The quantitative estimate of drug-likeness (QED) is 0.474. The predicted octanol–water partition coefficient (Wildman–Crippen LogP) is 4.79. The summed E-state index contributed by atoms with van der Waals surface area (Å²) in [5.74, 6) is -2.28. The minimum absolute atomic E-state index is 0.00677. The zero-order chi connectivity index (χ0) is 25.1. The minimum atomic E-state index is -4.68. The molecule has 9 heteroatoms. The summed E-state index contributed by atoms with van der Waals surface area (Å²) in [4.78, 5) is 26.2. The summed E-state index contributed by atoms with van der Waals surface area (Å²) in [6.45, 7) is 1.71. The first kappa shape index (κ1) is 25.7. The van der Waals surface area contributed by atoms with E-state index in [4.69, 9.17) is 9.47 Å². The summed E-state index contributed by atoms with van der Waals surface area (Å²) in [7, 11) is 3.88. The maximum absolute atomic E-state index is 13.1. The minimum Gasteiger partial charge on any atom is -0.426 e. The number of benzene rings is 2. The van der Waals surface area contributed by atoms with E-state index in [1.54, 1.807) is 18.2 Å². The van der Waals surface area contributed by atoms with Gasteiger partial charge in [-0.3, -0.25) is 4.79 Å². The molecule has 1 N–H and O–H groups in total. The number of alkyl halides is 3. The van der Waals surface area contributed by atoms with Gasteiger partial charge < -0.3 is 19.5 Å². The molecule has 2 atom stereocenters. The second-order valence-corrected chi connectivity index (χ2v) is 8.85. The van der Waals surface area contributed by atoms with Crippen LogP contribution in [0.25, 0.3) is 0 Å². The molecule has 0 aromatic heterocycles. The third-order valence-electron chi connectivity index (χ3n) is 5.95. The second kappa shape index (κ2) is 10.1. The van der Waals surface area contributed by atoms with Gasteiger partial charge in [-0.1, -0.05) is 25.0 Å². The van der Waals surface area contributed by atoms with Crippen molar-refractivity contribution in [3.63, 3.8) is 0 Å². The topological polar surface area (TPSA) is 76.1 Å². The van der Waals surface area contributed by atoms with Crippen LogP contribution in [-0.2, 0) is 16.6 Å². The molecule has 0 unspecified atom stereocenters. The van der Waals surface area contributed by atoms with Crippen molar-refractivity contribution in [3.8, 4) is 11.5 Å². The van der Waals surface area contributed by atoms with Crippen LogP contribution in [0.5, 0.6) is 11.5 Å². The number of nitrogens with zero attached hydrogens (tertiary/aromatic N) is 1. The van der Waals surface area contributed by atoms with Crippen molar-refractivity contribution in [2.45, 2.75) is 44.4 Å². The van der Waals surface area contributed by atoms with E-state index in [1.165, 1.54) is 6.07 Å². The Morgan fingerprint density at radius 1 is 1.12 bits per heavy atom. The lowest BCUT2D eigenvalue weighted by Crippen LogP contribution is -2.43. The third kappa shape index (κ3) is 5.95. The van der Waals surface area contributed by atoms with E-state index in [2.05, 4.69) is 0 Å². The average Bonchev–Trinajstić information content (AvgIpc) is 2.74. The van der Waals surface area contributed by atoms with Gasteiger partial charge in [0.15, 0.2) is 0 Å². The Bertz CT molecular complexity index is 1050. The van der Waals surface area contributed by atoms with Crippen LogP contribution in [0.4, 0.5) is 13.2 Å². The molecular formula is C25H28F3NO5. The molecule has 3 rings (SSSR count).